The maximum absolute atomic E-state index is 12.1. The van der Waals surface area contributed by atoms with Crippen molar-refractivity contribution < 1.29 is 9.53 Å². The highest BCUT2D eigenvalue weighted by Crippen LogP contribution is 2.29. The molecule has 0 spiro atoms. The van der Waals surface area contributed by atoms with Gasteiger partial charge in [0.25, 0.3) is 5.91 Å². The molecule has 3 rings (SSSR count). The average molecular weight is 287 g/mol. The molecule has 0 bridgehead atoms. The molecular weight excluding hydrogens is 274 g/mol. The molecule has 0 saturated heterocycles. The van der Waals surface area contributed by atoms with Crippen LogP contribution in [0.3, 0.4) is 0 Å². The number of nitrogens with one attached hydrogen (secondary N) is 1. The third-order valence-corrected chi connectivity index (χ3v) is 3.93. The third kappa shape index (κ3) is 2.25. The van der Waals surface area contributed by atoms with Crippen LogP contribution >= 0.6 is 11.3 Å². The van der Waals surface area contributed by atoms with E-state index in [9.17, 15) is 4.79 Å². The average Bonchev–Trinajstić information content (AvgIpc) is 3.03. The number of hydrogen-bond donors (Lipinski definition) is 1. The van der Waals surface area contributed by atoms with E-state index in [2.05, 4.69) is 10.3 Å². The summed E-state index contributed by atoms with van der Waals surface area (Å²) in [6, 6.07) is 9.24. The first-order chi connectivity index (χ1) is 9.67. The number of carbonyl (C=O) groups excluding carboxylic acids is 1. The Morgan fingerprint density at radius 3 is 2.95 bits per heavy atom. The molecule has 102 valence electrons. The van der Waals surface area contributed by atoms with Gasteiger partial charge in [-0.3, -0.25) is 10.1 Å². The Labute approximate surface area is 119 Å². The number of hydrogen-bond acceptors (Lipinski definition) is 4. The number of aryl methyl sites for hydroxylation is 1. The number of aromatic nitrogens is 2. The van der Waals surface area contributed by atoms with Gasteiger partial charge in [-0.05, 0) is 30.3 Å². The van der Waals surface area contributed by atoms with E-state index in [1.165, 1.54) is 11.3 Å². The zero-order chi connectivity index (χ0) is 14.1. The predicted octanol–water partition coefficient (Wildman–Crippen LogP) is 2.90. The molecule has 0 saturated carbocycles. The van der Waals surface area contributed by atoms with E-state index in [-0.39, 0.29) is 5.91 Å². The van der Waals surface area contributed by atoms with Crippen LogP contribution in [0.1, 0.15) is 10.5 Å². The zero-order valence-electron chi connectivity index (χ0n) is 11.1. The number of amides is 1. The van der Waals surface area contributed by atoms with E-state index in [1.54, 1.807) is 17.7 Å². The summed E-state index contributed by atoms with van der Waals surface area (Å²) in [4.78, 5) is 16.5. The standard InChI is InChI=1S/C14H13N3O2S/c1-17-7-3-4-11(17)13(18)16-14-15-10-6-5-9(19-2)8-12(10)20-14/h3-8H,1-2H3,(H,15,16,18). The number of fused-ring (bicyclic) bond motifs is 1. The van der Waals surface area contributed by atoms with Crippen LogP contribution in [-0.4, -0.2) is 22.6 Å². The predicted molar refractivity (Wildman–Crippen MR) is 79.5 cm³/mol. The van der Waals surface area contributed by atoms with E-state index in [0.29, 0.717) is 10.8 Å². The van der Waals surface area contributed by atoms with Gasteiger partial charge < -0.3 is 9.30 Å². The minimum Gasteiger partial charge on any atom is -0.497 e. The number of methoxy groups -OCH3 is 1. The van der Waals surface area contributed by atoms with Crippen LogP contribution < -0.4 is 10.1 Å². The second-order valence-corrected chi connectivity index (χ2v) is 5.34. The molecule has 5 nitrogen and oxygen atoms in total. The monoisotopic (exact) mass is 287 g/mol. The summed E-state index contributed by atoms with van der Waals surface area (Å²) in [7, 11) is 3.46. The summed E-state index contributed by atoms with van der Waals surface area (Å²) in [5.41, 5.74) is 1.44. The third-order valence-electron chi connectivity index (χ3n) is 2.99. The Bertz CT molecular complexity index is 776. The van der Waals surface area contributed by atoms with Gasteiger partial charge in [0, 0.05) is 13.2 Å². The highest BCUT2D eigenvalue weighted by molar-refractivity contribution is 7.22. The van der Waals surface area contributed by atoms with E-state index in [0.717, 1.165) is 16.0 Å². The molecule has 0 aliphatic heterocycles. The SMILES string of the molecule is COc1ccc2nc(NC(=O)c3cccn3C)sc2c1. The van der Waals surface area contributed by atoms with Crippen LogP contribution in [0.4, 0.5) is 5.13 Å². The van der Waals surface area contributed by atoms with Gasteiger partial charge in [-0.25, -0.2) is 4.98 Å². The minimum absolute atomic E-state index is 0.163. The molecule has 2 heterocycles. The van der Waals surface area contributed by atoms with Crippen LogP contribution in [0.25, 0.3) is 10.2 Å². The molecule has 0 radical (unpaired) electrons. The number of anilines is 1. The van der Waals surface area contributed by atoms with Gasteiger partial charge >= 0.3 is 0 Å². The van der Waals surface area contributed by atoms with Crippen molar-refractivity contribution in [2.75, 3.05) is 12.4 Å². The number of nitrogens with zero attached hydrogens (tertiary/aromatic N) is 2. The fourth-order valence-electron chi connectivity index (χ4n) is 1.94. The van der Waals surface area contributed by atoms with Crippen molar-refractivity contribution in [3.8, 4) is 5.75 Å². The Hall–Kier alpha value is -2.34. The molecule has 0 aliphatic carbocycles. The van der Waals surface area contributed by atoms with Gasteiger partial charge in [-0.15, -0.1) is 0 Å². The molecule has 3 aromatic rings. The van der Waals surface area contributed by atoms with Crippen LogP contribution in [0, 0.1) is 0 Å². The molecule has 0 fully saturated rings. The molecule has 1 aromatic carbocycles. The Kier molecular flexibility index (Phi) is 3.15. The smallest absolute Gasteiger partial charge is 0.274 e. The fraction of sp³-hybridized carbons (Fsp3) is 0.143. The fourth-order valence-corrected chi connectivity index (χ4v) is 2.83. The number of ether oxygens (including phenoxy) is 1. The highest BCUT2D eigenvalue weighted by Gasteiger charge is 2.12. The number of carbonyl (C=O) groups is 1. The molecule has 2 aromatic heterocycles. The number of benzene rings is 1. The quantitative estimate of drug-likeness (QED) is 0.806. The van der Waals surface area contributed by atoms with Gasteiger partial charge in [0.15, 0.2) is 5.13 Å². The summed E-state index contributed by atoms with van der Waals surface area (Å²) in [5.74, 6) is 0.616. The van der Waals surface area contributed by atoms with Crippen LogP contribution in [-0.2, 0) is 7.05 Å². The second-order valence-electron chi connectivity index (χ2n) is 4.31. The van der Waals surface area contributed by atoms with Crippen molar-refractivity contribution in [2.24, 2.45) is 7.05 Å². The van der Waals surface area contributed by atoms with E-state index < -0.39 is 0 Å². The van der Waals surface area contributed by atoms with Crippen molar-refractivity contribution in [3.05, 3.63) is 42.2 Å². The summed E-state index contributed by atoms with van der Waals surface area (Å²) < 4.78 is 7.92. The molecular formula is C14H13N3O2S. The molecule has 0 unspecified atom stereocenters. The van der Waals surface area contributed by atoms with Crippen LogP contribution in [0.15, 0.2) is 36.5 Å². The molecule has 1 N–H and O–H groups in total. The lowest BCUT2D eigenvalue weighted by atomic mass is 10.3. The summed E-state index contributed by atoms with van der Waals surface area (Å²) in [5, 5.41) is 3.40. The molecule has 6 heteroatoms. The van der Waals surface area contributed by atoms with Crippen molar-refractivity contribution in [1.82, 2.24) is 9.55 Å². The Balaban J connectivity index is 1.88. The van der Waals surface area contributed by atoms with Crippen LogP contribution in [0.2, 0.25) is 0 Å². The largest absolute Gasteiger partial charge is 0.497 e. The maximum Gasteiger partial charge on any atom is 0.274 e. The molecule has 0 atom stereocenters. The first-order valence-corrected chi connectivity index (χ1v) is 6.86. The van der Waals surface area contributed by atoms with Crippen LogP contribution in [0.5, 0.6) is 5.75 Å². The summed E-state index contributed by atoms with van der Waals surface area (Å²) in [6.45, 7) is 0. The van der Waals surface area contributed by atoms with Gasteiger partial charge in [0.05, 0.1) is 17.3 Å². The van der Waals surface area contributed by atoms with Crippen molar-refractivity contribution in [1.29, 1.82) is 0 Å². The molecule has 1 amide bonds. The van der Waals surface area contributed by atoms with Gasteiger partial charge in [0.1, 0.15) is 11.4 Å². The first-order valence-electron chi connectivity index (χ1n) is 6.04. The topological polar surface area (TPSA) is 56.1 Å². The highest BCUT2D eigenvalue weighted by atomic mass is 32.1. The Morgan fingerprint density at radius 2 is 2.25 bits per heavy atom. The van der Waals surface area contributed by atoms with Gasteiger partial charge in [0.2, 0.25) is 0 Å². The van der Waals surface area contributed by atoms with E-state index >= 15 is 0 Å². The van der Waals surface area contributed by atoms with Crippen molar-refractivity contribution >= 4 is 32.6 Å². The maximum atomic E-state index is 12.1. The number of rotatable bonds is 3. The molecule has 20 heavy (non-hydrogen) atoms. The van der Waals surface area contributed by atoms with Crippen molar-refractivity contribution in [2.45, 2.75) is 0 Å². The zero-order valence-corrected chi connectivity index (χ0v) is 11.9. The van der Waals surface area contributed by atoms with Gasteiger partial charge in [-0.2, -0.15) is 0 Å². The first kappa shape index (κ1) is 12.7. The molecule has 0 aliphatic rings. The lowest BCUT2D eigenvalue weighted by molar-refractivity contribution is 0.101. The van der Waals surface area contributed by atoms with E-state index in [1.807, 2.05) is 37.5 Å². The summed E-state index contributed by atoms with van der Waals surface area (Å²) >= 11 is 1.43. The number of thiazole rings is 1. The second kappa shape index (κ2) is 4.97. The Morgan fingerprint density at radius 1 is 1.40 bits per heavy atom. The van der Waals surface area contributed by atoms with Gasteiger partial charge in [-0.1, -0.05) is 11.3 Å². The lowest BCUT2D eigenvalue weighted by Gasteiger charge is -2.02. The lowest BCUT2D eigenvalue weighted by Crippen LogP contribution is -2.14. The normalized spacial score (nSPS) is 10.7. The van der Waals surface area contributed by atoms with Crippen molar-refractivity contribution in [3.63, 3.8) is 0 Å². The minimum atomic E-state index is -0.163. The van der Waals surface area contributed by atoms with E-state index in [4.69, 9.17) is 4.74 Å². The summed E-state index contributed by atoms with van der Waals surface area (Å²) in [6.07, 6.45) is 1.83.